The van der Waals surface area contributed by atoms with Gasteiger partial charge in [-0.1, -0.05) is 6.07 Å². The molecule has 0 aliphatic carbocycles. The third-order valence-corrected chi connectivity index (χ3v) is 2.44. The third kappa shape index (κ3) is 2.90. The van der Waals surface area contributed by atoms with Crippen LogP contribution in [-0.2, 0) is 6.54 Å². The summed E-state index contributed by atoms with van der Waals surface area (Å²) in [6.45, 7) is 0.772. The highest BCUT2D eigenvalue weighted by Crippen LogP contribution is 2.14. The van der Waals surface area contributed by atoms with Crippen LogP contribution in [0.4, 0.5) is 11.6 Å². The summed E-state index contributed by atoms with van der Waals surface area (Å²) in [5.74, 6) is 1.70. The molecule has 0 aromatic carbocycles. The Bertz CT molecular complexity index is 471. The van der Waals surface area contributed by atoms with E-state index in [2.05, 4.69) is 25.2 Å². The molecule has 0 bridgehead atoms. The molecule has 0 unspecified atom stereocenters. The second-order valence-corrected chi connectivity index (χ2v) is 3.73. The smallest absolute Gasteiger partial charge is 0.134 e. The van der Waals surface area contributed by atoms with Gasteiger partial charge in [-0.05, 0) is 11.6 Å². The van der Waals surface area contributed by atoms with Crippen molar-refractivity contribution >= 4 is 11.6 Å². The average Bonchev–Trinajstić information content (AvgIpc) is 2.40. The molecule has 0 saturated heterocycles. The lowest BCUT2D eigenvalue weighted by Crippen LogP contribution is -2.18. The molecule has 88 valence electrons. The Morgan fingerprint density at radius 3 is 2.94 bits per heavy atom. The van der Waals surface area contributed by atoms with E-state index in [1.165, 1.54) is 0 Å². The van der Waals surface area contributed by atoms with Gasteiger partial charge in [0.25, 0.3) is 0 Å². The quantitative estimate of drug-likeness (QED) is 0.862. The van der Waals surface area contributed by atoms with Crippen LogP contribution in [0.3, 0.4) is 0 Å². The lowest BCUT2D eigenvalue weighted by atomic mass is 10.3. The molecule has 0 atom stereocenters. The molecule has 5 nitrogen and oxygen atoms in total. The van der Waals surface area contributed by atoms with Crippen LogP contribution in [0.1, 0.15) is 5.56 Å². The van der Waals surface area contributed by atoms with Crippen LogP contribution in [0.5, 0.6) is 0 Å². The highest BCUT2D eigenvalue weighted by Gasteiger charge is 2.04. The molecule has 0 fully saturated rings. The number of anilines is 2. The molecule has 2 heterocycles. The molecule has 0 saturated carbocycles. The minimum atomic E-state index is 0.772. The Morgan fingerprint density at radius 2 is 2.24 bits per heavy atom. The summed E-state index contributed by atoms with van der Waals surface area (Å²) >= 11 is 0. The highest BCUT2D eigenvalue weighted by atomic mass is 15.2. The van der Waals surface area contributed by atoms with Gasteiger partial charge in [-0.25, -0.2) is 9.97 Å². The first-order valence-electron chi connectivity index (χ1n) is 5.39. The van der Waals surface area contributed by atoms with Gasteiger partial charge >= 0.3 is 0 Å². The van der Waals surface area contributed by atoms with Crippen LogP contribution in [0, 0.1) is 0 Å². The van der Waals surface area contributed by atoms with E-state index >= 15 is 0 Å². The Balaban J connectivity index is 2.11. The van der Waals surface area contributed by atoms with E-state index in [0.717, 1.165) is 23.7 Å². The first kappa shape index (κ1) is 11.3. The predicted molar refractivity (Wildman–Crippen MR) is 67.9 cm³/mol. The molecule has 2 aromatic heterocycles. The van der Waals surface area contributed by atoms with E-state index in [4.69, 9.17) is 0 Å². The topological polar surface area (TPSA) is 53.9 Å². The maximum atomic E-state index is 4.24. The maximum Gasteiger partial charge on any atom is 0.134 e. The van der Waals surface area contributed by atoms with E-state index in [0.29, 0.717) is 0 Å². The van der Waals surface area contributed by atoms with Crippen molar-refractivity contribution in [3.63, 3.8) is 0 Å². The van der Waals surface area contributed by atoms with Crippen LogP contribution < -0.4 is 10.2 Å². The molecule has 17 heavy (non-hydrogen) atoms. The number of aromatic nitrogens is 3. The normalized spacial score (nSPS) is 10.0. The summed E-state index contributed by atoms with van der Waals surface area (Å²) in [5.41, 5.74) is 1.15. The zero-order valence-electron chi connectivity index (χ0n) is 9.96. The van der Waals surface area contributed by atoms with Crippen molar-refractivity contribution in [2.24, 2.45) is 0 Å². The van der Waals surface area contributed by atoms with Gasteiger partial charge in [-0.15, -0.1) is 0 Å². The van der Waals surface area contributed by atoms with Gasteiger partial charge in [-0.3, -0.25) is 4.98 Å². The third-order valence-electron chi connectivity index (χ3n) is 2.44. The van der Waals surface area contributed by atoms with Gasteiger partial charge < -0.3 is 10.2 Å². The van der Waals surface area contributed by atoms with Crippen molar-refractivity contribution in [2.75, 3.05) is 24.3 Å². The monoisotopic (exact) mass is 229 g/mol. The summed E-state index contributed by atoms with van der Waals surface area (Å²) in [6.07, 6.45) is 5.19. The fourth-order valence-electron chi connectivity index (χ4n) is 1.54. The molecule has 0 aliphatic rings. The summed E-state index contributed by atoms with van der Waals surface area (Å²) in [5, 5.41) is 3.00. The van der Waals surface area contributed by atoms with Gasteiger partial charge in [-0.2, -0.15) is 0 Å². The van der Waals surface area contributed by atoms with Crippen molar-refractivity contribution in [2.45, 2.75) is 6.54 Å². The number of pyridine rings is 1. The lowest BCUT2D eigenvalue weighted by molar-refractivity contribution is 0.886. The van der Waals surface area contributed by atoms with Crippen LogP contribution in [0.25, 0.3) is 0 Å². The Labute approximate surface area is 101 Å². The van der Waals surface area contributed by atoms with E-state index in [1.807, 2.05) is 38.5 Å². The average molecular weight is 229 g/mol. The van der Waals surface area contributed by atoms with E-state index in [1.54, 1.807) is 12.5 Å². The molecular formula is C12H15N5. The van der Waals surface area contributed by atoms with E-state index < -0.39 is 0 Å². The summed E-state index contributed by atoms with van der Waals surface area (Å²) < 4.78 is 0. The minimum Gasteiger partial charge on any atom is -0.373 e. The van der Waals surface area contributed by atoms with Gasteiger partial charge in [0.2, 0.25) is 0 Å². The van der Waals surface area contributed by atoms with Crippen LogP contribution in [0.2, 0.25) is 0 Å². The fourth-order valence-corrected chi connectivity index (χ4v) is 1.54. The van der Waals surface area contributed by atoms with Gasteiger partial charge in [0.05, 0.1) is 0 Å². The molecule has 0 radical (unpaired) electrons. The SMILES string of the molecule is CNc1cc(N(C)Cc2cccnc2)ncn1. The fraction of sp³-hybridized carbons (Fsp3) is 0.250. The maximum absolute atomic E-state index is 4.24. The second-order valence-electron chi connectivity index (χ2n) is 3.73. The summed E-state index contributed by atoms with van der Waals surface area (Å²) in [6, 6.07) is 5.89. The van der Waals surface area contributed by atoms with Crippen molar-refractivity contribution in [3.8, 4) is 0 Å². The summed E-state index contributed by atoms with van der Waals surface area (Å²) in [4.78, 5) is 14.5. The number of nitrogens with one attached hydrogen (secondary N) is 1. The van der Waals surface area contributed by atoms with Crippen LogP contribution in [0.15, 0.2) is 36.9 Å². The molecule has 0 spiro atoms. The molecule has 0 amide bonds. The molecule has 2 aromatic rings. The first-order valence-corrected chi connectivity index (χ1v) is 5.39. The Hall–Kier alpha value is -2.17. The van der Waals surface area contributed by atoms with Crippen molar-refractivity contribution < 1.29 is 0 Å². The predicted octanol–water partition coefficient (Wildman–Crippen LogP) is 1.55. The molecule has 5 heteroatoms. The van der Waals surface area contributed by atoms with Crippen LogP contribution >= 0.6 is 0 Å². The number of hydrogen-bond acceptors (Lipinski definition) is 5. The first-order chi connectivity index (χ1) is 8.29. The number of nitrogens with zero attached hydrogens (tertiary/aromatic N) is 4. The molecule has 1 N–H and O–H groups in total. The largest absolute Gasteiger partial charge is 0.373 e. The van der Waals surface area contributed by atoms with Gasteiger partial charge in [0, 0.05) is 39.1 Å². The Kier molecular flexibility index (Phi) is 3.49. The van der Waals surface area contributed by atoms with E-state index in [9.17, 15) is 0 Å². The van der Waals surface area contributed by atoms with Crippen LogP contribution in [-0.4, -0.2) is 29.0 Å². The zero-order chi connectivity index (χ0) is 12.1. The summed E-state index contributed by atoms with van der Waals surface area (Å²) in [7, 11) is 3.84. The second kappa shape index (κ2) is 5.25. The standard InChI is InChI=1S/C12H15N5/c1-13-11-6-12(16-9-15-11)17(2)8-10-4-3-5-14-7-10/h3-7,9H,8H2,1-2H3,(H,13,15,16). The van der Waals surface area contributed by atoms with Gasteiger partial charge in [0.15, 0.2) is 0 Å². The van der Waals surface area contributed by atoms with Crippen molar-refractivity contribution in [3.05, 3.63) is 42.5 Å². The van der Waals surface area contributed by atoms with E-state index in [-0.39, 0.29) is 0 Å². The molecular weight excluding hydrogens is 214 g/mol. The molecule has 2 rings (SSSR count). The number of hydrogen-bond donors (Lipinski definition) is 1. The zero-order valence-corrected chi connectivity index (χ0v) is 9.96. The minimum absolute atomic E-state index is 0.772. The molecule has 0 aliphatic heterocycles. The Morgan fingerprint density at radius 1 is 1.35 bits per heavy atom. The lowest BCUT2D eigenvalue weighted by Gasteiger charge is -2.18. The van der Waals surface area contributed by atoms with Gasteiger partial charge in [0.1, 0.15) is 18.0 Å². The van der Waals surface area contributed by atoms with Crippen molar-refractivity contribution in [1.29, 1.82) is 0 Å². The number of rotatable bonds is 4. The highest BCUT2D eigenvalue weighted by molar-refractivity contribution is 5.47. The van der Waals surface area contributed by atoms with Crippen molar-refractivity contribution in [1.82, 2.24) is 15.0 Å².